The van der Waals surface area contributed by atoms with Crippen molar-refractivity contribution in [2.45, 2.75) is 58.5 Å². The SMILES string of the molecule is CCCN(C(C)C)S(=O)(=O)N(C)CCCNC1CC1. The van der Waals surface area contributed by atoms with E-state index in [-0.39, 0.29) is 6.04 Å². The highest BCUT2D eigenvalue weighted by molar-refractivity contribution is 7.86. The molecule has 1 rings (SSSR count). The van der Waals surface area contributed by atoms with Crippen LogP contribution in [0, 0.1) is 0 Å². The minimum atomic E-state index is -3.31. The molecule has 0 aromatic rings. The molecule has 0 aromatic heterocycles. The third-order valence-electron chi connectivity index (χ3n) is 3.37. The molecule has 6 heteroatoms. The highest BCUT2D eigenvalue weighted by Crippen LogP contribution is 2.18. The van der Waals surface area contributed by atoms with Crippen LogP contribution in [0.5, 0.6) is 0 Å². The van der Waals surface area contributed by atoms with Gasteiger partial charge in [0.1, 0.15) is 0 Å². The van der Waals surface area contributed by atoms with E-state index < -0.39 is 10.2 Å². The normalized spacial score (nSPS) is 16.8. The molecule has 5 nitrogen and oxygen atoms in total. The molecule has 0 spiro atoms. The van der Waals surface area contributed by atoms with E-state index in [1.165, 1.54) is 17.1 Å². The Morgan fingerprint density at radius 3 is 2.37 bits per heavy atom. The standard InChI is InChI=1S/C13H29N3O2S/c1-5-10-16(12(2)3)19(17,18)15(4)11-6-9-14-13-7-8-13/h12-14H,5-11H2,1-4H3. The molecule has 0 heterocycles. The van der Waals surface area contributed by atoms with Gasteiger partial charge >= 0.3 is 0 Å². The Hall–Kier alpha value is -0.170. The first-order valence-electron chi connectivity index (χ1n) is 7.36. The van der Waals surface area contributed by atoms with Crippen molar-refractivity contribution in [2.24, 2.45) is 0 Å². The Balaban J connectivity index is 2.42. The second kappa shape index (κ2) is 7.57. The molecule has 19 heavy (non-hydrogen) atoms. The largest absolute Gasteiger partial charge is 0.314 e. The van der Waals surface area contributed by atoms with Crippen LogP contribution in [0.1, 0.15) is 46.5 Å². The molecular weight excluding hydrogens is 262 g/mol. The van der Waals surface area contributed by atoms with Crippen molar-refractivity contribution in [1.82, 2.24) is 13.9 Å². The summed E-state index contributed by atoms with van der Waals surface area (Å²) in [6, 6.07) is 0.700. The molecule has 0 aliphatic heterocycles. The molecule has 0 unspecified atom stereocenters. The molecular formula is C13H29N3O2S. The molecule has 1 saturated carbocycles. The van der Waals surface area contributed by atoms with Crippen molar-refractivity contribution in [2.75, 3.05) is 26.7 Å². The smallest absolute Gasteiger partial charge is 0.281 e. The number of hydrogen-bond donors (Lipinski definition) is 1. The lowest BCUT2D eigenvalue weighted by Crippen LogP contribution is -2.46. The summed E-state index contributed by atoms with van der Waals surface area (Å²) in [7, 11) is -1.63. The average Bonchev–Trinajstić information content (AvgIpc) is 3.14. The van der Waals surface area contributed by atoms with E-state index in [9.17, 15) is 8.42 Å². The van der Waals surface area contributed by atoms with Crippen LogP contribution in [-0.4, -0.2) is 55.8 Å². The maximum absolute atomic E-state index is 12.4. The van der Waals surface area contributed by atoms with Crippen LogP contribution in [0.25, 0.3) is 0 Å². The van der Waals surface area contributed by atoms with Gasteiger partial charge in [-0.15, -0.1) is 0 Å². The van der Waals surface area contributed by atoms with Crippen LogP contribution < -0.4 is 5.32 Å². The van der Waals surface area contributed by atoms with Crippen LogP contribution in [0.15, 0.2) is 0 Å². The number of nitrogens with one attached hydrogen (secondary N) is 1. The molecule has 0 amide bonds. The highest BCUT2D eigenvalue weighted by Gasteiger charge is 2.28. The van der Waals surface area contributed by atoms with Crippen LogP contribution in [0.4, 0.5) is 0 Å². The average molecular weight is 291 g/mol. The molecule has 1 aliphatic rings. The maximum atomic E-state index is 12.4. The van der Waals surface area contributed by atoms with Gasteiger partial charge in [0.25, 0.3) is 10.2 Å². The monoisotopic (exact) mass is 291 g/mol. The fourth-order valence-electron chi connectivity index (χ4n) is 2.05. The summed E-state index contributed by atoms with van der Waals surface area (Å²) in [6.07, 6.45) is 4.25. The lowest BCUT2D eigenvalue weighted by molar-refractivity contribution is 0.316. The van der Waals surface area contributed by atoms with E-state index in [2.05, 4.69) is 5.32 Å². The van der Waals surface area contributed by atoms with E-state index in [0.29, 0.717) is 19.1 Å². The zero-order valence-electron chi connectivity index (χ0n) is 12.7. The minimum Gasteiger partial charge on any atom is -0.314 e. The molecule has 1 N–H and O–H groups in total. The molecule has 0 radical (unpaired) electrons. The molecule has 0 saturated heterocycles. The van der Waals surface area contributed by atoms with Crippen molar-refractivity contribution in [3.05, 3.63) is 0 Å². The van der Waals surface area contributed by atoms with Crippen LogP contribution in [-0.2, 0) is 10.2 Å². The summed E-state index contributed by atoms with van der Waals surface area (Å²) in [4.78, 5) is 0. The number of rotatable bonds is 10. The van der Waals surface area contributed by atoms with Gasteiger partial charge in [0.2, 0.25) is 0 Å². The van der Waals surface area contributed by atoms with Crippen molar-refractivity contribution >= 4 is 10.2 Å². The van der Waals surface area contributed by atoms with Gasteiger partial charge < -0.3 is 5.32 Å². The van der Waals surface area contributed by atoms with Crippen molar-refractivity contribution in [1.29, 1.82) is 0 Å². The van der Waals surface area contributed by atoms with Gasteiger partial charge in [-0.1, -0.05) is 6.92 Å². The van der Waals surface area contributed by atoms with Gasteiger partial charge in [-0.3, -0.25) is 0 Å². The second-order valence-electron chi connectivity index (χ2n) is 5.62. The van der Waals surface area contributed by atoms with Crippen molar-refractivity contribution in [3.63, 3.8) is 0 Å². The van der Waals surface area contributed by atoms with Crippen molar-refractivity contribution < 1.29 is 8.42 Å². The Morgan fingerprint density at radius 2 is 1.89 bits per heavy atom. The van der Waals surface area contributed by atoms with Gasteiger partial charge in [0.05, 0.1) is 0 Å². The summed E-state index contributed by atoms with van der Waals surface area (Å²) >= 11 is 0. The van der Waals surface area contributed by atoms with Crippen LogP contribution in [0.3, 0.4) is 0 Å². The quantitative estimate of drug-likeness (QED) is 0.619. The summed E-state index contributed by atoms with van der Waals surface area (Å²) in [6.45, 7) is 7.93. The summed E-state index contributed by atoms with van der Waals surface area (Å²) < 4.78 is 27.9. The molecule has 1 fully saturated rings. The van der Waals surface area contributed by atoms with E-state index in [4.69, 9.17) is 0 Å². The maximum Gasteiger partial charge on any atom is 0.281 e. The fourth-order valence-corrected chi connectivity index (χ4v) is 3.71. The van der Waals surface area contributed by atoms with Gasteiger partial charge in [0, 0.05) is 32.2 Å². The molecule has 114 valence electrons. The number of hydrogen-bond acceptors (Lipinski definition) is 3. The van der Waals surface area contributed by atoms with Gasteiger partial charge in [-0.25, -0.2) is 0 Å². The Kier molecular flexibility index (Phi) is 6.73. The van der Waals surface area contributed by atoms with Crippen LogP contribution >= 0.6 is 0 Å². The first-order valence-corrected chi connectivity index (χ1v) is 8.75. The summed E-state index contributed by atoms with van der Waals surface area (Å²) in [5.41, 5.74) is 0. The molecule has 0 atom stereocenters. The second-order valence-corrected chi connectivity index (χ2v) is 7.60. The molecule has 0 bridgehead atoms. The topological polar surface area (TPSA) is 52.7 Å². The van der Waals surface area contributed by atoms with E-state index >= 15 is 0 Å². The van der Waals surface area contributed by atoms with E-state index in [1.807, 2.05) is 20.8 Å². The van der Waals surface area contributed by atoms with Gasteiger partial charge in [0.15, 0.2) is 0 Å². The first-order chi connectivity index (χ1) is 8.89. The predicted octanol–water partition coefficient (Wildman–Crippen LogP) is 1.43. The number of nitrogens with zero attached hydrogens (tertiary/aromatic N) is 2. The Bertz CT molecular complexity index is 353. The van der Waals surface area contributed by atoms with Crippen LogP contribution in [0.2, 0.25) is 0 Å². The third kappa shape index (κ3) is 5.38. The zero-order valence-corrected chi connectivity index (χ0v) is 13.5. The third-order valence-corrected chi connectivity index (χ3v) is 5.54. The fraction of sp³-hybridized carbons (Fsp3) is 1.00. The van der Waals surface area contributed by atoms with Crippen molar-refractivity contribution in [3.8, 4) is 0 Å². The predicted molar refractivity (Wildman–Crippen MR) is 79.3 cm³/mol. The summed E-state index contributed by atoms with van der Waals surface area (Å²) in [5.74, 6) is 0. The minimum absolute atomic E-state index is 0.0111. The lowest BCUT2D eigenvalue weighted by Gasteiger charge is -2.30. The molecule has 1 aliphatic carbocycles. The van der Waals surface area contributed by atoms with Gasteiger partial charge in [-0.05, 0) is 46.1 Å². The Labute approximate surface area is 118 Å². The van der Waals surface area contributed by atoms with E-state index in [1.54, 1.807) is 11.4 Å². The van der Waals surface area contributed by atoms with Gasteiger partial charge in [-0.2, -0.15) is 17.0 Å². The first kappa shape index (κ1) is 16.9. The lowest BCUT2D eigenvalue weighted by atomic mass is 10.4. The van der Waals surface area contributed by atoms with E-state index in [0.717, 1.165) is 19.4 Å². The highest BCUT2D eigenvalue weighted by atomic mass is 32.2. The Morgan fingerprint density at radius 1 is 1.26 bits per heavy atom. The molecule has 0 aromatic carbocycles. The zero-order chi connectivity index (χ0) is 14.5. The summed E-state index contributed by atoms with van der Waals surface area (Å²) in [5, 5.41) is 3.41.